The third-order valence-corrected chi connectivity index (χ3v) is 4.71. The van der Waals surface area contributed by atoms with E-state index >= 15 is 0 Å². The molecular formula is C22H18F2N4O. The van der Waals surface area contributed by atoms with E-state index in [2.05, 4.69) is 15.4 Å². The summed E-state index contributed by atoms with van der Waals surface area (Å²) >= 11 is 0. The summed E-state index contributed by atoms with van der Waals surface area (Å²) in [6.07, 6.45) is 2.13. The van der Waals surface area contributed by atoms with Gasteiger partial charge in [-0.2, -0.15) is 5.10 Å². The minimum atomic E-state index is -0.413. The van der Waals surface area contributed by atoms with Crippen LogP contribution in [0, 0.1) is 11.6 Å². The number of benzene rings is 2. The quantitative estimate of drug-likeness (QED) is 0.561. The molecule has 0 bridgehead atoms. The zero-order valence-electron chi connectivity index (χ0n) is 15.7. The minimum absolute atomic E-state index is 0.297. The number of pyridine rings is 1. The molecule has 2 heterocycles. The van der Waals surface area contributed by atoms with Crippen LogP contribution < -0.4 is 5.32 Å². The lowest BCUT2D eigenvalue weighted by atomic mass is 10.1. The number of aromatic nitrogens is 3. The normalized spacial score (nSPS) is 11.0. The Kier molecular flexibility index (Phi) is 5.03. The van der Waals surface area contributed by atoms with Crippen molar-refractivity contribution in [3.05, 3.63) is 83.6 Å². The molecule has 0 fully saturated rings. The third-order valence-electron chi connectivity index (χ3n) is 4.71. The Morgan fingerprint density at radius 3 is 2.62 bits per heavy atom. The van der Waals surface area contributed by atoms with E-state index in [4.69, 9.17) is 0 Å². The highest BCUT2D eigenvalue weighted by molar-refractivity contribution is 6.06. The molecule has 0 aliphatic rings. The topological polar surface area (TPSA) is 59.8 Å². The van der Waals surface area contributed by atoms with E-state index in [0.29, 0.717) is 40.8 Å². The Balaban J connectivity index is 1.62. The highest BCUT2D eigenvalue weighted by Crippen LogP contribution is 2.26. The Morgan fingerprint density at radius 2 is 1.86 bits per heavy atom. The van der Waals surface area contributed by atoms with E-state index in [0.717, 1.165) is 5.56 Å². The summed E-state index contributed by atoms with van der Waals surface area (Å²) in [4.78, 5) is 17.3. The van der Waals surface area contributed by atoms with Gasteiger partial charge in [0.25, 0.3) is 5.91 Å². The van der Waals surface area contributed by atoms with Gasteiger partial charge in [0.15, 0.2) is 5.65 Å². The molecule has 4 rings (SSSR count). The molecule has 2 aromatic heterocycles. The highest BCUT2D eigenvalue weighted by Gasteiger charge is 2.17. The predicted molar refractivity (Wildman–Crippen MR) is 106 cm³/mol. The standard InChI is InChI=1S/C22H18F2N4O/c1-28-21-18(13-26-28)17(12-20(27-21)16-4-2-3-5-19(16)24)22(29)25-11-10-14-6-8-15(23)9-7-14/h2-9,12-13H,10-11H2,1H3,(H,25,29). The molecule has 0 saturated heterocycles. The van der Waals surface area contributed by atoms with Crippen molar-refractivity contribution in [2.24, 2.45) is 7.05 Å². The second-order valence-electron chi connectivity index (χ2n) is 6.67. The molecule has 0 aliphatic heterocycles. The van der Waals surface area contributed by atoms with Crippen LogP contribution in [-0.2, 0) is 13.5 Å². The molecule has 2 aromatic carbocycles. The lowest BCUT2D eigenvalue weighted by Gasteiger charge is -2.09. The lowest BCUT2D eigenvalue weighted by Crippen LogP contribution is -2.26. The van der Waals surface area contributed by atoms with Crippen LogP contribution in [-0.4, -0.2) is 27.2 Å². The number of carbonyl (C=O) groups excluding carboxylic acids is 1. The van der Waals surface area contributed by atoms with E-state index in [9.17, 15) is 13.6 Å². The number of hydrogen-bond acceptors (Lipinski definition) is 3. The van der Waals surface area contributed by atoms with Crippen LogP contribution in [0.2, 0.25) is 0 Å². The number of amides is 1. The number of fused-ring (bicyclic) bond motifs is 1. The number of aryl methyl sites for hydroxylation is 1. The van der Waals surface area contributed by atoms with Crippen molar-refractivity contribution in [1.82, 2.24) is 20.1 Å². The van der Waals surface area contributed by atoms with Crippen molar-refractivity contribution >= 4 is 16.9 Å². The Morgan fingerprint density at radius 1 is 1.10 bits per heavy atom. The summed E-state index contributed by atoms with van der Waals surface area (Å²) < 4.78 is 28.8. The first-order valence-corrected chi connectivity index (χ1v) is 9.13. The van der Waals surface area contributed by atoms with E-state index in [1.54, 1.807) is 54.3 Å². The second-order valence-corrected chi connectivity index (χ2v) is 6.67. The first-order valence-electron chi connectivity index (χ1n) is 9.13. The van der Waals surface area contributed by atoms with Gasteiger partial charge in [-0.1, -0.05) is 24.3 Å². The SMILES string of the molecule is Cn1ncc2c(C(=O)NCCc3ccc(F)cc3)cc(-c3ccccc3F)nc21. The van der Waals surface area contributed by atoms with Crippen LogP contribution in [0.5, 0.6) is 0 Å². The maximum Gasteiger partial charge on any atom is 0.252 e. The molecule has 0 radical (unpaired) electrons. The van der Waals surface area contributed by atoms with Gasteiger partial charge in [0, 0.05) is 19.2 Å². The number of hydrogen-bond donors (Lipinski definition) is 1. The van der Waals surface area contributed by atoms with Crippen molar-refractivity contribution in [3.8, 4) is 11.3 Å². The average molecular weight is 392 g/mol. The maximum atomic E-state index is 14.3. The van der Waals surface area contributed by atoms with E-state index in [1.165, 1.54) is 18.2 Å². The van der Waals surface area contributed by atoms with Crippen LogP contribution in [0.4, 0.5) is 8.78 Å². The first-order chi connectivity index (χ1) is 14.0. The summed E-state index contributed by atoms with van der Waals surface area (Å²) in [5, 5.41) is 7.63. The van der Waals surface area contributed by atoms with Crippen LogP contribution in [0.25, 0.3) is 22.3 Å². The molecule has 1 amide bonds. The van der Waals surface area contributed by atoms with E-state index in [-0.39, 0.29) is 11.7 Å². The molecule has 0 saturated carbocycles. The van der Waals surface area contributed by atoms with Crippen molar-refractivity contribution in [2.45, 2.75) is 6.42 Å². The third kappa shape index (κ3) is 3.85. The van der Waals surface area contributed by atoms with Crippen LogP contribution >= 0.6 is 0 Å². The van der Waals surface area contributed by atoms with Gasteiger partial charge in [0.1, 0.15) is 11.6 Å². The molecule has 4 aromatic rings. The first kappa shape index (κ1) is 18.7. The number of carbonyl (C=O) groups is 1. The van der Waals surface area contributed by atoms with Gasteiger partial charge < -0.3 is 5.32 Å². The smallest absolute Gasteiger partial charge is 0.252 e. The van der Waals surface area contributed by atoms with Gasteiger partial charge in [-0.25, -0.2) is 13.8 Å². The summed E-state index contributed by atoms with van der Waals surface area (Å²) in [6.45, 7) is 0.379. The lowest BCUT2D eigenvalue weighted by molar-refractivity contribution is 0.0955. The minimum Gasteiger partial charge on any atom is -0.352 e. The highest BCUT2D eigenvalue weighted by atomic mass is 19.1. The van der Waals surface area contributed by atoms with E-state index < -0.39 is 5.82 Å². The Hall–Kier alpha value is -3.61. The van der Waals surface area contributed by atoms with Crippen molar-refractivity contribution in [1.29, 1.82) is 0 Å². The zero-order valence-corrected chi connectivity index (χ0v) is 15.7. The molecule has 1 N–H and O–H groups in total. The molecule has 0 aliphatic carbocycles. The molecule has 29 heavy (non-hydrogen) atoms. The summed E-state index contributed by atoms with van der Waals surface area (Å²) in [7, 11) is 1.72. The number of halogens is 2. The monoisotopic (exact) mass is 392 g/mol. The fourth-order valence-corrected chi connectivity index (χ4v) is 3.18. The fourth-order valence-electron chi connectivity index (χ4n) is 3.18. The van der Waals surface area contributed by atoms with Crippen LogP contribution in [0.1, 0.15) is 15.9 Å². The summed E-state index contributed by atoms with van der Waals surface area (Å²) in [5.41, 5.74) is 2.47. The van der Waals surface area contributed by atoms with Gasteiger partial charge >= 0.3 is 0 Å². The number of nitrogens with zero attached hydrogens (tertiary/aromatic N) is 3. The van der Waals surface area contributed by atoms with Gasteiger partial charge in [-0.05, 0) is 42.3 Å². The van der Waals surface area contributed by atoms with Gasteiger partial charge in [-0.3, -0.25) is 9.48 Å². The molecule has 0 atom stereocenters. The molecule has 5 nitrogen and oxygen atoms in total. The molecule has 7 heteroatoms. The van der Waals surface area contributed by atoms with Crippen molar-refractivity contribution in [3.63, 3.8) is 0 Å². The van der Waals surface area contributed by atoms with Gasteiger partial charge in [-0.15, -0.1) is 0 Å². The molecule has 0 spiro atoms. The van der Waals surface area contributed by atoms with E-state index in [1.807, 2.05) is 0 Å². The van der Waals surface area contributed by atoms with Gasteiger partial charge in [0.05, 0.1) is 22.8 Å². The zero-order chi connectivity index (χ0) is 20.4. The molecule has 146 valence electrons. The van der Waals surface area contributed by atoms with Crippen molar-refractivity contribution < 1.29 is 13.6 Å². The summed E-state index contributed by atoms with van der Waals surface area (Å²) in [6, 6.07) is 14.0. The van der Waals surface area contributed by atoms with Crippen LogP contribution in [0.3, 0.4) is 0 Å². The predicted octanol–water partition coefficient (Wildman–Crippen LogP) is 3.89. The van der Waals surface area contributed by atoms with Crippen LogP contribution in [0.15, 0.2) is 60.8 Å². The number of rotatable bonds is 5. The Labute approximate surface area is 166 Å². The summed E-state index contributed by atoms with van der Waals surface area (Å²) in [5.74, 6) is -1.01. The largest absolute Gasteiger partial charge is 0.352 e. The maximum absolute atomic E-state index is 14.3. The number of nitrogens with one attached hydrogen (secondary N) is 1. The van der Waals surface area contributed by atoms with Gasteiger partial charge in [0.2, 0.25) is 0 Å². The fraction of sp³-hybridized carbons (Fsp3) is 0.136. The van der Waals surface area contributed by atoms with Crippen molar-refractivity contribution in [2.75, 3.05) is 6.54 Å². The second kappa shape index (κ2) is 7.79. The Bertz CT molecular complexity index is 1190. The average Bonchev–Trinajstić information content (AvgIpc) is 3.10. The molecular weight excluding hydrogens is 374 g/mol. The molecule has 0 unspecified atom stereocenters.